The Morgan fingerprint density at radius 2 is 1.68 bits per heavy atom. The molecule has 0 fully saturated rings. The Morgan fingerprint density at radius 1 is 0.929 bits per heavy atom. The van der Waals surface area contributed by atoms with E-state index in [2.05, 4.69) is 20.1 Å². The van der Waals surface area contributed by atoms with E-state index in [-0.39, 0.29) is 0 Å². The lowest BCUT2D eigenvalue weighted by atomic mass is 10.2. The van der Waals surface area contributed by atoms with Gasteiger partial charge in [-0.15, -0.1) is 0 Å². The minimum Gasteiger partial charge on any atom is -0.493 e. The number of para-hydroxylation sites is 2. The molecule has 0 atom stereocenters. The van der Waals surface area contributed by atoms with E-state index in [1.54, 1.807) is 14.2 Å². The first-order valence-corrected chi connectivity index (χ1v) is 9.57. The van der Waals surface area contributed by atoms with Crippen LogP contribution in [0.1, 0.15) is 11.6 Å². The molecule has 0 bridgehead atoms. The number of thioether (sulfide) groups is 1. The number of nitrogens with zero attached hydrogens (tertiary/aromatic N) is 4. The molecule has 0 aliphatic heterocycles. The third-order valence-electron chi connectivity index (χ3n) is 4.14. The SMILES string of the molecule is COc1ccc(-c2noc(CSc3nc4ccccc4nc3C)n2)cc1OC. The van der Waals surface area contributed by atoms with Crippen LogP contribution in [0.25, 0.3) is 22.4 Å². The van der Waals surface area contributed by atoms with E-state index < -0.39 is 0 Å². The highest BCUT2D eigenvalue weighted by Crippen LogP contribution is 2.32. The summed E-state index contributed by atoms with van der Waals surface area (Å²) in [5, 5.41) is 4.92. The molecule has 0 spiro atoms. The molecule has 4 aromatic rings. The minimum atomic E-state index is 0.498. The Balaban J connectivity index is 1.52. The predicted molar refractivity (Wildman–Crippen MR) is 107 cm³/mol. The van der Waals surface area contributed by atoms with Crippen LogP contribution in [0.4, 0.5) is 0 Å². The summed E-state index contributed by atoms with van der Waals surface area (Å²) in [5.41, 5.74) is 3.42. The maximum Gasteiger partial charge on any atom is 0.237 e. The van der Waals surface area contributed by atoms with Crippen molar-refractivity contribution in [2.75, 3.05) is 14.2 Å². The Hall–Kier alpha value is -3.13. The molecular weight excluding hydrogens is 376 g/mol. The molecule has 0 aliphatic carbocycles. The first kappa shape index (κ1) is 18.2. The second-order valence-electron chi connectivity index (χ2n) is 5.97. The zero-order valence-electron chi connectivity index (χ0n) is 15.7. The zero-order chi connectivity index (χ0) is 19.5. The van der Waals surface area contributed by atoms with Crippen molar-refractivity contribution >= 4 is 22.8 Å². The normalized spacial score (nSPS) is 11.0. The van der Waals surface area contributed by atoms with Gasteiger partial charge in [0, 0.05) is 5.56 Å². The maximum absolute atomic E-state index is 5.40. The first-order valence-electron chi connectivity index (χ1n) is 8.59. The fraction of sp³-hybridized carbons (Fsp3) is 0.200. The van der Waals surface area contributed by atoms with E-state index >= 15 is 0 Å². The van der Waals surface area contributed by atoms with E-state index in [0.717, 1.165) is 27.3 Å². The molecule has 0 amide bonds. The van der Waals surface area contributed by atoms with Crippen molar-refractivity contribution in [1.29, 1.82) is 0 Å². The molecule has 0 saturated heterocycles. The Morgan fingerprint density at radius 3 is 2.43 bits per heavy atom. The van der Waals surface area contributed by atoms with Crippen molar-refractivity contribution < 1.29 is 14.0 Å². The minimum absolute atomic E-state index is 0.498. The molecular formula is C20H18N4O3S. The van der Waals surface area contributed by atoms with Crippen LogP contribution in [-0.2, 0) is 5.75 Å². The summed E-state index contributed by atoms with van der Waals surface area (Å²) in [4.78, 5) is 13.8. The van der Waals surface area contributed by atoms with Gasteiger partial charge in [-0.05, 0) is 37.3 Å². The van der Waals surface area contributed by atoms with Gasteiger partial charge in [-0.3, -0.25) is 0 Å². The number of ether oxygens (including phenoxy) is 2. The number of hydrogen-bond acceptors (Lipinski definition) is 8. The molecule has 0 unspecified atom stereocenters. The van der Waals surface area contributed by atoms with Crippen LogP contribution < -0.4 is 9.47 Å². The average Bonchev–Trinajstić information content (AvgIpc) is 3.20. The number of hydrogen-bond donors (Lipinski definition) is 0. The molecule has 0 radical (unpaired) electrons. The lowest BCUT2D eigenvalue weighted by Crippen LogP contribution is -1.93. The molecule has 4 rings (SSSR count). The van der Waals surface area contributed by atoms with Crippen molar-refractivity contribution in [3.05, 3.63) is 54.0 Å². The van der Waals surface area contributed by atoms with Gasteiger partial charge >= 0.3 is 0 Å². The first-order chi connectivity index (χ1) is 13.7. The van der Waals surface area contributed by atoms with Gasteiger partial charge in [0.15, 0.2) is 11.5 Å². The summed E-state index contributed by atoms with van der Waals surface area (Å²) in [6.45, 7) is 1.95. The lowest BCUT2D eigenvalue weighted by molar-refractivity contribution is 0.355. The highest BCUT2D eigenvalue weighted by atomic mass is 32.2. The monoisotopic (exact) mass is 394 g/mol. The van der Waals surface area contributed by atoms with Crippen LogP contribution in [0.2, 0.25) is 0 Å². The molecule has 0 N–H and O–H groups in total. The van der Waals surface area contributed by atoms with Gasteiger partial charge in [-0.2, -0.15) is 4.98 Å². The van der Waals surface area contributed by atoms with E-state index in [1.165, 1.54) is 11.8 Å². The number of aryl methyl sites for hydroxylation is 1. The topological polar surface area (TPSA) is 83.2 Å². The van der Waals surface area contributed by atoms with E-state index in [4.69, 9.17) is 14.0 Å². The number of aromatic nitrogens is 4. The van der Waals surface area contributed by atoms with Crippen LogP contribution in [-0.4, -0.2) is 34.3 Å². The molecule has 7 nitrogen and oxygen atoms in total. The third kappa shape index (κ3) is 3.63. The quantitative estimate of drug-likeness (QED) is 0.448. The third-order valence-corrected chi connectivity index (χ3v) is 5.20. The largest absolute Gasteiger partial charge is 0.493 e. The molecule has 0 aliphatic rings. The van der Waals surface area contributed by atoms with Crippen LogP contribution >= 0.6 is 11.8 Å². The van der Waals surface area contributed by atoms with Crippen molar-refractivity contribution in [1.82, 2.24) is 20.1 Å². The standard InChI is InChI=1S/C20H18N4O3S/c1-12-20(22-15-7-5-4-6-14(15)21-12)28-11-18-23-19(24-27-18)13-8-9-16(25-2)17(10-13)26-3/h4-10H,11H2,1-3H3. The molecule has 2 aromatic carbocycles. The summed E-state index contributed by atoms with van der Waals surface area (Å²) < 4.78 is 16.0. The second kappa shape index (κ2) is 7.85. The molecule has 142 valence electrons. The second-order valence-corrected chi connectivity index (χ2v) is 6.94. The van der Waals surface area contributed by atoms with Crippen LogP contribution in [0.15, 0.2) is 52.0 Å². The number of methoxy groups -OCH3 is 2. The van der Waals surface area contributed by atoms with Crippen molar-refractivity contribution in [3.63, 3.8) is 0 Å². The number of benzene rings is 2. The van der Waals surface area contributed by atoms with Gasteiger partial charge in [0.1, 0.15) is 5.03 Å². The van der Waals surface area contributed by atoms with Crippen LogP contribution in [0, 0.1) is 6.92 Å². The highest BCUT2D eigenvalue weighted by molar-refractivity contribution is 7.98. The van der Waals surface area contributed by atoms with Crippen molar-refractivity contribution in [2.24, 2.45) is 0 Å². The summed E-state index contributed by atoms with van der Waals surface area (Å²) in [6, 6.07) is 13.3. The van der Waals surface area contributed by atoms with Gasteiger partial charge in [0.25, 0.3) is 0 Å². The summed E-state index contributed by atoms with van der Waals surface area (Å²) in [6.07, 6.45) is 0. The van der Waals surface area contributed by atoms with Gasteiger partial charge < -0.3 is 14.0 Å². The smallest absolute Gasteiger partial charge is 0.237 e. The van der Waals surface area contributed by atoms with E-state index in [1.807, 2.05) is 49.4 Å². The maximum atomic E-state index is 5.40. The summed E-state index contributed by atoms with van der Waals surface area (Å²) >= 11 is 1.52. The highest BCUT2D eigenvalue weighted by Gasteiger charge is 2.13. The van der Waals surface area contributed by atoms with E-state index in [0.29, 0.717) is 29.0 Å². The number of rotatable bonds is 6. The lowest BCUT2D eigenvalue weighted by Gasteiger charge is -2.07. The van der Waals surface area contributed by atoms with Crippen molar-refractivity contribution in [3.8, 4) is 22.9 Å². The molecule has 2 aromatic heterocycles. The molecule has 8 heteroatoms. The number of fused-ring (bicyclic) bond motifs is 1. The Kier molecular flexibility index (Phi) is 5.12. The van der Waals surface area contributed by atoms with Gasteiger partial charge in [-0.25, -0.2) is 9.97 Å². The average molecular weight is 394 g/mol. The fourth-order valence-electron chi connectivity index (χ4n) is 2.74. The van der Waals surface area contributed by atoms with Gasteiger partial charge in [0.2, 0.25) is 11.7 Å². The van der Waals surface area contributed by atoms with Crippen LogP contribution in [0.3, 0.4) is 0 Å². The molecule has 28 heavy (non-hydrogen) atoms. The summed E-state index contributed by atoms with van der Waals surface area (Å²) in [5.74, 6) is 2.79. The fourth-order valence-corrected chi connectivity index (χ4v) is 3.54. The molecule has 2 heterocycles. The summed E-state index contributed by atoms with van der Waals surface area (Å²) in [7, 11) is 3.19. The predicted octanol–water partition coefficient (Wildman–Crippen LogP) is 4.30. The van der Waals surface area contributed by atoms with Crippen molar-refractivity contribution in [2.45, 2.75) is 17.7 Å². The molecule has 0 saturated carbocycles. The van der Waals surface area contributed by atoms with Crippen LogP contribution in [0.5, 0.6) is 11.5 Å². The zero-order valence-corrected chi connectivity index (χ0v) is 16.5. The Bertz CT molecular complexity index is 1130. The van der Waals surface area contributed by atoms with Gasteiger partial charge in [0.05, 0.1) is 36.7 Å². The Labute approximate surface area is 166 Å². The van der Waals surface area contributed by atoms with Gasteiger partial charge in [-0.1, -0.05) is 29.1 Å². The van der Waals surface area contributed by atoms with E-state index in [9.17, 15) is 0 Å².